The van der Waals surface area contributed by atoms with Crippen molar-refractivity contribution < 1.29 is 13.9 Å². The number of aromatic nitrogens is 1. The van der Waals surface area contributed by atoms with Crippen LogP contribution in [0.1, 0.15) is 41.5 Å². The Balaban J connectivity index is 2.17. The summed E-state index contributed by atoms with van der Waals surface area (Å²) in [5.41, 5.74) is 0.997. The van der Waals surface area contributed by atoms with Gasteiger partial charge in [-0.25, -0.2) is 14.2 Å². The van der Waals surface area contributed by atoms with Gasteiger partial charge in [0.2, 0.25) is 0 Å². The lowest BCUT2D eigenvalue weighted by Gasteiger charge is -2.10. The molecular weight excluding hydrogens is 293 g/mol. The second-order valence-electron chi connectivity index (χ2n) is 4.90. The van der Waals surface area contributed by atoms with Crippen LogP contribution < -0.4 is 0 Å². The number of hydrogen-bond acceptors (Lipinski definition) is 3. The van der Waals surface area contributed by atoms with E-state index >= 15 is 0 Å². The molecule has 21 heavy (non-hydrogen) atoms. The quantitative estimate of drug-likeness (QED) is 0.788. The summed E-state index contributed by atoms with van der Waals surface area (Å²) in [7, 11) is 0. The Kier molecular flexibility index (Phi) is 4.91. The Morgan fingerprint density at radius 1 is 1.33 bits per heavy atom. The summed E-state index contributed by atoms with van der Waals surface area (Å²) < 4.78 is 18.9. The first-order valence-corrected chi connectivity index (χ1v) is 6.94. The van der Waals surface area contributed by atoms with Crippen molar-refractivity contribution in [1.82, 2.24) is 4.98 Å². The average molecular weight is 308 g/mol. The van der Waals surface area contributed by atoms with Gasteiger partial charge in [-0.05, 0) is 17.5 Å². The monoisotopic (exact) mass is 307 g/mol. The maximum atomic E-state index is 13.7. The molecule has 0 unspecified atom stereocenters. The van der Waals surface area contributed by atoms with E-state index in [0.29, 0.717) is 0 Å². The molecule has 0 saturated heterocycles. The van der Waals surface area contributed by atoms with Crippen LogP contribution in [-0.4, -0.2) is 11.0 Å². The number of esters is 1. The number of nitrogens with zero attached hydrogens (tertiary/aromatic N) is 1. The zero-order chi connectivity index (χ0) is 15.4. The number of pyridine rings is 1. The van der Waals surface area contributed by atoms with Crippen LogP contribution in [0.25, 0.3) is 0 Å². The fourth-order valence-corrected chi connectivity index (χ4v) is 2.04. The summed E-state index contributed by atoms with van der Waals surface area (Å²) in [6.07, 6.45) is 0. The van der Waals surface area contributed by atoms with Gasteiger partial charge < -0.3 is 4.74 Å². The molecular formula is C16H15ClFNO2. The highest BCUT2D eigenvalue weighted by atomic mass is 35.5. The summed E-state index contributed by atoms with van der Waals surface area (Å²) in [6, 6.07) is 10.4. The molecule has 5 heteroatoms. The molecule has 0 N–H and O–H groups in total. The molecule has 3 nitrogen and oxygen atoms in total. The van der Waals surface area contributed by atoms with E-state index < -0.39 is 11.8 Å². The minimum Gasteiger partial charge on any atom is -0.456 e. The van der Waals surface area contributed by atoms with Gasteiger partial charge in [0.05, 0.1) is 10.7 Å². The van der Waals surface area contributed by atoms with Crippen LogP contribution in [0.15, 0.2) is 36.4 Å². The topological polar surface area (TPSA) is 39.2 Å². The van der Waals surface area contributed by atoms with Gasteiger partial charge in [0.1, 0.15) is 12.4 Å². The van der Waals surface area contributed by atoms with E-state index in [9.17, 15) is 9.18 Å². The first kappa shape index (κ1) is 15.4. The number of carbonyl (C=O) groups is 1. The van der Waals surface area contributed by atoms with Crippen molar-refractivity contribution in [3.63, 3.8) is 0 Å². The van der Waals surface area contributed by atoms with Gasteiger partial charge in [-0.1, -0.05) is 55.8 Å². The Hall–Kier alpha value is -1.94. The van der Waals surface area contributed by atoms with E-state index in [4.69, 9.17) is 16.3 Å². The van der Waals surface area contributed by atoms with Crippen LogP contribution in [-0.2, 0) is 11.3 Å². The van der Waals surface area contributed by atoms with Gasteiger partial charge in [0.15, 0.2) is 5.69 Å². The molecule has 1 aromatic heterocycles. The van der Waals surface area contributed by atoms with Crippen molar-refractivity contribution in [2.24, 2.45) is 0 Å². The van der Waals surface area contributed by atoms with Crippen molar-refractivity contribution in [2.45, 2.75) is 26.4 Å². The molecule has 0 aliphatic rings. The van der Waals surface area contributed by atoms with Gasteiger partial charge in [0, 0.05) is 0 Å². The van der Waals surface area contributed by atoms with E-state index in [0.717, 1.165) is 11.6 Å². The van der Waals surface area contributed by atoms with E-state index in [-0.39, 0.29) is 28.9 Å². The van der Waals surface area contributed by atoms with E-state index in [1.807, 2.05) is 30.3 Å². The molecule has 0 amide bonds. The molecule has 0 saturated carbocycles. The van der Waals surface area contributed by atoms with Crippen molar-refractivity contribution in [2.75, 3.05) is 0 Å². The maximum Gasteiger partial charge on any atom is 0.358 e. The molecule has 0 aliphatic heterocycles. The highest BCUT2D eigenvalue weighted by molar-refractivity contribution is 6.33. The van der Waals surface area contributed by atoms with Crippen LogP contribution in [0.4, 0.5) is 4.39 Å². The van der Waals surface area contributed by atoms with E-state index in [1.165, 1.54) is 0 Å². The van der Waals surface area contributed by atoms with Crippen LogP contribution in [0.3, 0.4) is 0 Å². The maximum absolute atomic E-state index is 13.7. The third kappa shape index (κ3) is 3.79. The lowest BCUT2D eigenvalue weighted by atomic mass is 10.1. The Morgan fingerprint density at radius 2 is 2.00 bits per heavy atom. The fourth-order valence-electron chi connectivity index (χ4n) is 1.82. The Labute approximate surface area is 127 Å². The molecule has 2 aromatic rings. The highest BCUT2D eigenvalue weighted by Gasteiger charge is 2.19. The minimum absolute atomic E-state index is 0.0463. The van der Waals surface area contributed by atoms with Crippen LogP contribution >= 0.6 is 11.6 Å². The van der Waals surface area contributed by atoms with Crippen molar-refractivity contribution >= 4 is 17.6 Å². The summed E-state index contributed by atoms with van der Waals surface area (Å²) >= 11 is 5.88. The third-order valence-electron chi connectivity index (χ3n) is 2.91. The smallest absolute Gasteiger partial charge is 0.358 e. The molecule has 0 spiro atoms. The molecule has 0 aliphatic carbocycles. The molecule has 1 aromatic carbocycles. The first-order valence-electron chi connectivity index (χ1n) is 6.56. The molecule has 0 radical (unpaired) electrons. The van der Waals surface area contributed by atoms with Crippen LogP contribution in [0, 0.1) is 5.82 Å². The largest absolute Gasteiger partial charge is 0.456 e. The average Bonchev–Trinajstić information content (AvgIpc) is 2.45. The molecule has 110 valence electrons. The number of carbonyl (C=O) groups excluding carboxylic acids is 1. The second kappa shape index (κ2) is 6.68. The van der Waals surface area contributed by atoms with Gasteiger partial charge in [-0.15, -0.1) is 0 Å². The minimum atomic E-state index is -0.661. The number of benzene rings is 1. The van der Waals surface area contributed by atoms with Gasteiger partial charge in [0.25, 0.3) is 0 Å². The van der Waals surface area contributed by atoms with Crippen LogP contribution in [0.2, 0.25) is 5.02 Å². The highest BCUT2D eigenvalue weighted by Crippen LogP contribution is 2.23. The molecule has 0 bridgehead atoms. The van der Waals surface area contributed by atoms with Gasteiger partial charge >= 0.3 is 5.97 Å². The normalized spacial score (nSPS) is 10.7. The number of rotatable bonds is 4. The van der Waals surface area contributed by atoms with Crippen LogP contribution in [0.5, 0.6) is 0 Å². The lowest BCUT2D eigenvalue weighted by molar-refractivity contribution is 0.0465. The first-order chi connectivity index (χ1) is 9.99. The lowest BCUT2D eigenvalue weighted by Crippen LogP contribution is -2.11. The summed E-state index contributed by atoms with van der Waals surface area (Å²) in [5, 5.41) is -0.0463. The van der Waals surface area contributed by atoms with E-state index in [2.05, 4.69) is 4.98 Å². The second-order valence-corrected chi connectivity index (χ2v) is 5.31. The predicted octanol–water partition coefficient (Wildman–Crippen LogP) is 4.35. The summed E-state index contributed by atoms with van der Waals surface area (Å²) in [5.74, 6) is -1.33. The summed E-state index contributed by atoms with van der Waals surface area (Å²) in [4.78, 5) is 16.0. The molecule has 2 rings (SSSR count). The van der Waals surface area contributed by atoms with Gasteiger partial charge in [-0.3, -0.25) is 0 Å². The zero-order valence-electron chi connectivity index (χ0n) is 11.8. The standard InChI is InChI=1S/C16H15ClFNO2/c1-10(2)14-13(18)8-12(17)15(19-14)16(20)21-9-11-6-4-3-5-7-11/h3-8,10H,9H2,1-2H3. The molecule has 0 atom stereocenters. The van der Waals surface area contributed by atoms with E-state index in [1.54, 1.807) is 13.8 Å². The molecule has 1 heterocycles. The predicted molar refractivity (Wildman–Crippen MR) is 78.9 cm³/mol. The van der Waals surface area contributed by atoms with Crippen molar-refractivity contribution in [1.29, 1.82) is 0 Å². The summed E-state index contributed by atoms with van der Waals surface area (Å²) in [6.45, 7) is 3.70. The Morgan fingerprint density at radius 3 is 2.62 bits per heavy atom. The fraction of sp³-hybridized carbons (Fsp3) is 0.250. The molecule has 0 fully saturated rings. The Bertz CT molecular complexity index is 644. The number of hydrogen-bond donors (Lipinski definition) is 0. The van der Waals surface area contributed by atoms with Gasteiger partial charge in [-0.2, -0.15) is 0 Å². The zero-order valence-corrected chi connectivity index (χ0v) is 12.5. The number of halogens is 2. The number of ether oxygens (including phenoxy) is 1. The SMILES string of the molecule is CC(C)c1nc(C(=O)OCc2ccccc2)c(Cl)cc1F. The van der Waals surface area contributed by atoms with Crippen molar-refractivity contribution in [3.05, 3.63) is 64.2 Å². The van der Waals surface area contributed by atoms with Crippen molar-refractivity contribution in [3.8, 4) is 0 Å². The third-order valence-corrected chi connectivity index (χ3v) is 3.20.